The molecule has 1 fully saturated rings. The van der Waals surface area contributed by atoms with E-state index in [1.54, 1.807) is 0 Å². The lowest BCUT2D eigenvalue weighted by Crippen LogP contribution is -2.60. The van der Waals surface area contributed by atoms with Gasteiger partial charge in [0.2, 0.25) is 12.9 Å². The fourth-order valence-corrected chi connectivity index (χ4v) is 4.43. The standard InChI is InChI=1S/C30H26O14/c31-15-9-19(34)16-11-23(29(42-22(16)10-15)14-3-5-18(33)21(36)8-14)43-30-28(40)27(39)26(38)24(44-30)12-41-25(37)6-2-13-1-4-17(32)20(35)7-13/h1-11,24,26-28,30,32-36,38-40H,12H2/p+1. The maximum absolute atomic E-state index is 12.0. The molecule has 0 bridgehead atoms. The third-order valence-electron chi connectivity index (χ3n) is 6.77. The van der Waals surface area contributed by atoms with Gasteiger partial charge >= 0.3 is 5.97 Å². The Labute approximate surface area is 247 Å². The highest BCUT2D eigenvalue weighted by atomic mass is 16.7. The molecule has 2 aromatic carbocycles. The predicted molar refractivity (Wildman–Crippen MR) is 151 cm³/mol. The average Bonchev–Trinajstić information content (AvgIpc) is 2.98. The summed E-state index contributed by atoms with van der Waals surface area (Å²) in [6.45, 7) is -0.532. The molecule has 0 saturated carbocycles. The van der Waals surface area contributed by atoms with Crippen molar-refractivity contribution in [3.8, 4) is 57.1 Å². The Balaban J connectivity index is 1.39. The Morgan fingerprint density at radius 3 is 2.23 bits per heavy atom. The Morgan fingerprint density at radius 1 is 0.818 bits per heavy atom. The molecule has 2 heterocycles. The van der Waals surface area contributed by atoms with Crippen LogP contribution in [-0.4, -0.2) is 88.9 Å². The maximum Gasteiger partial charge on any atom is 0.510 e. The molecule has 3 aliphatic rings. The van der Waals surface area contributed by atoms with E-state index in [1.807, 2.05) is 0 Å². The van der Waals surface area contributed by atoms with E-state index in [4.69, 9.17) is 18.6 Å². The molecule has 5 rings (SSSR count). The molecular formula is C30H27O14+. The minimum Gasteiger partial charge on any atom is -0.507 e. The van der Waals surface area contributed by atoms with Crippen LogP contribution in [0.2, 0.25) is 0 Å². The van der Waals surface area contributed by atoms with Crippen molar-refractivity contribution in [2.24, 2.45) is 0 Å². The number of hydrogen-bond acceptors (Lipinski definition) is 13. The first-order valence-corrected chi connectivity index (χ1v) is 13.0. The van der Waals surface area contributed by atoms with E-state index in [0.717, 1.165) is 30.3 Å². The summed E-state index contributed by atoms with van der Waals surface area (Å²) in [6, 6.07) is 10.9. The molecule has 1 aliphatic carbocycles. The van der Waals surface area contributed by atoms with E-state index < -0.39 is 66.0 Å². The SMILES string of the molecule is O=c1cc2oc(-c3ccc(O)c(O)c3)c(OC3OC(COC(=[OH+])C=Cc4ccc(O)c(O)c4)C(O)C(O)C3O)cc-2c(O)c1. The zero-order valence-electron chi connectivity index (χ0n) is 22.5. The number of rotatable bonds is 7. The van der Waals surface area contributed by atoms with Gasteiger partial charge in [0.15, 0.2) is 46.0 Å². The van der Waals surface area contributed by atoms with Crippen molar-refractivity contribution in [3.63, 3.8) is 0 Å². The molecule has 2 aliphatic heterocycles. The molecule has 1 saturated heterocycles. The number of fused-ring (bicyclic) bond motifs is 1. The summed E-state index contributed by atoms with van der Waals surface area (Å²) < 4.78 is 22.5. The number of phenols is 5. The van der Waals surface area contributed by atoms with Gasteiger partial charge < -0.3 is 64.3 Å². The molecule has 230 valence electrons. The molecule has 5 atom stereocenters. The number of aliphatic hydroxyl groups excluding tert-OH is 3. The van der Waals surface area contributed by atoms with E-state index in [-0.39, 0.29) is 39.9 Å². The highest BCUT2D eigenvalue weighted by molar-refractivity contribution is 5.88. The number of benzene rings is 3. The van der Waals surface area contributed by atoms with Crippen molar-refractivity contribution < 1.29 is 64.3 Å². The van der Waals surface area contributed by atoms with Crippen molar-refractivity contribution >= 4 is 12.0 Å². The van der Waals surface area contributed by atoms with Gasteiger partial charge in [-0.1, -0.05) is 6.07 Å². The van der Waals surface area contributed by atoms with E-state index in [2.05, 4.69) is 0 Å². The second-order valence-corrected chi connectivity index (χ2v) is 9.86. The summed E-state index contributed by atoms with van der Waals surface area (Å²) in [5, 5.41) is 80.8. The molecule has 44 heavy (non-hydrogen) atoms. The van der Waals surface area contributed by atoms with Crippen LogP contribution in [0.15, 0.2) is 69.9 Å². The number of carbonyl (C=O) groups excluding carboxylic acids is 1. The van der Waals surface area contributed by atoms with Crippen molar-refractivity contribution in [3.05, 3.63) is 76.5 Å². The van der Waals surface area contributed by atoms with Gasteiger partial charge in [0, 0.05) is 17.7 Å². The van der Waals surface area contributed by atoms with Crippen LogP contribution in [-0.2, 0) is 9.47 Å². The monoisotopic (exact) mass is 611 g/mol. The van der Waals surface area contributed by atoms with Gasteiger partial charge in [-0.3, -0.25) is 4.79 Å². The Kier molecular flexibility index (Phi) is 8.33. The molecule has 9 N–H and O–H groups in total. The summed E-state index contributed by atoms with van der Waals surface area (Å²) in [5.41, 5.74) is 0.0267. The normalized spacial score (nSPS) is 21.8. The van der Waals surface area contributed by atoms with Gasteiger partial charge in [0.25, 0.3) is 0 Å². The van der Waals surface area contributed by atoms with Crippen LogP contribution in [0.1, 0.15) is 5.56 Å². The van der Waals surface area contributed by atoms with Gasteiger partial charge in [-0.2, -0.15) is 0 Å². The lowest BCUT2D eigenvalue weighted by atomic mass is 9.99. The zero-order valence-corrected chi connectivity index (χ0v) is 22.5. The predicted octanol–water partition coefficient (Wildman–Crippen LogP) is 1.36. The quantitative estimate of drug-likeness (QED) is 0.0638. The Morgan fingerprint density at radius 2 is 1.52 bits per heavy atom. The first kappa shape index (κ1) is 30.2. The molecule has 5 unspecified atom stereocenters. The summed E-state index contributed by atoms with van der Waals surface area (Å²) >= 11 is 0. The third-order valence-corrected chi connectivity index (χ3v) is 6.77. The van der Waals surface area contributed by atoms with Crippen LogP contribution in [0.4, 0.5) is 0 Å². The number of hydrogen-bond donors (Lipinski definition) is 8. The highest BCUT2D eigenvalue weighted by Gasteiger charge is 2.47. The third kappa shape index (κ3) is 6.23. The van der Waals surface area contributed by atoms with Crippen LogP contribution in [0.3, 0.4) is 0 Å². The molecule has 0 aromatic heterocycles. The lowest BCUT2D eigenvalue weighted by Gasteiger charge is -2.39. The Bertz CT molecular complexity index is 1740. The summed E-state index contributed by atoms with van der Waals surface area (Å²) in [6.07, 6.45) is -5.89. The van der Waals surface area contributed by atoms with E-state index in [9.17, 15) is 50.4 Å². The molecule has 0 amide bonds. The average molecular weight is 612 g/mol. The lowest BCUT2D eigenvalue weighted by molar-refractivity contribution is -0.276. The van der Waals surface area contributed by atoms with Crippen LogP contribution in [0.25, 0.3) is 28.7 Å². The molecule has 0 spiro atoms. The number of aromatic hydroxyl groups is 5. The largest absolute Gasteiger partial charge is 0.510 e. The smallest absolute Gasteiger partial charge is 0.507 e. The fourth-order valence-electron chi connectivity index (χ4n) is 4.43. The second kappa shape index (κ2) is 12.1. The molecule has 14 nitrogen and oxygen atoms in total. The van der Waals surface area contributed by atoms with E-state index in [0.29, 0.717) is 5.56 Å². The van der Waals surface area contributed by atoms with Crippen LogP contribution in [0.5, 0.6) is 34.5 Å². The number of ether oxygens (including phenoxy) is 3. The number of esters is 1. The first-order chi connectivity index (χ1) is 20.9. The highest BCUT2D eigenvalue weighted by Crippen LogP contribution is 2.43. The van der Waals surface area contributed by atoms with Gasteiger partial charge in [0.05, 0.1) is 11.6 Å². The minimum atomic E-state index is -1.82. The second-order valence-electron chi connectivity index (χ2n) is 9.86. The van der Waals surface area contributed by atoms with Crippen LogP contribution in [0, 0.1) is 0 Å². The molecule has 2 aromatic rings. The zero-order chi connectivity index (χ0) is 31.7. The summed E-state index contributed by atoms with van der Waals surface area (Å²) in [5.74, 6) is -3.11. The fraction of sp³-hybridized carbons (Fsp3) is 0.200. The van der Waals surface area contributed by atoms with E-state index in [1.165, 1.54) is 36.4 Å². The molecular weight excluding hydrogens is 584 g/mol. The first-order valence-electron chi connectivity index (χ1n) is 13.0. The Hall–Kier alpha value is -5.28. The molecule has 14 heteroatoms. The minimum absolute atomic E-state index is 0.0328. The number of aliphatic hydroxyl groups is 3. The van der Waals surface area contributed by atoms with Crippen molar-refractivity contribution in [2.45, 2.75) is 30.7 Å². The topological polar surface area (TPSA) is 241 Å². The maximum atomic E-state index is 12.0. The van der Waals surface area contributed by atoms with Crippen LogP contribution < -0.4 is 10.2 Å². The summed E-state index contributed by atoms with van der Waals surface area (Å²) in [7, 11) is 0. The molecule has 0 radical (unpaired) electrons. The van der Waals surface area contributed by atoms with Gasteiger partial charge in [0.1, 0.15) is 29.8 Å². The van der Waals surface area contributed by atoms with Gasteiger partial charge in [-0.05, 0) is 48.0 Å². The van der Waals surface area contributed by atoms with Gasteiger partial charge in [-0.25, -0.2) is 0 Å². The van der Waals surface area contributed by atoms with Gasteiger partial charge in [-0.15, -0.1) is 0 Å². The van der Waals surface area contributed by atoms with Crippen molar-refractivity contribution in [2.75, 3.05) is 6.61 Å². The van der Waals surface area contributed by atoms with Crippen LogP contribution >= 0.6 is 0 Å². The number of phenolic OH excluding ortho intramolecular Hbond substituents is 5. The van der Waals surface area contributed by atoms with Crippen molar-refractivity contribution in [1.29, 1.82) is 0 Å². The van der Waals surface area contributed by atoms with Crippen molar-refractivity contribution in [1.82, 2.24) is 0 Å². The summed E-state index contributed by atoms with van der Waals surface area (Å²) in [4.78, 5) is 22.1. The van der Waals surface area contributed by atoms with E-state index >= 15 is 0 Å².